The van der Waals surface area contributed by atoms with Gasteiger partial charge >= 0.3 is 6.03 Å². The summed E-state index contributed by atoms with van der Waals surface area (Å²) in [6.07, 6.45) is 0. The van der Waals surface area contributed by atoms with Gasteiger partial charge in [-0.25, -0.2) is 9.48 Å². The zero-order valence-electron chi connectivity index (χ0n) is 20.1. The van der Waals surface area contributed by atoms with Crippen molar-refractivity contribution in [1.29, 1.82) is 0 Å². The highest BCUT2D eigenvalue weighted by Crippen LogP contribution is 2.27. The van der Waals surface area contributed by atoms with Crippen molar-refractivity contribution in [3.8, 4) is 5.69 Å². The normalized spacial score (nSPS) is 11.2. The van der Waals surface area contributed by atoms with Crippen molar-refractivity contribution in [2.75, 3.05) is 18.4 Å². The highest BCUT2D eigenvalue weighted by molar-refractivity contribution is 5.94. The van der Waals surface area contributed by atoms with Gasteiger partial charge in [-0.2, -0.15) is 5.10 Å². The molecule has 1 heterocycles. The molecule has 174 valence electrons. The number of aromatic nitrogens is 2. The molecule has 33 heavy (non-hydrogen) atoms. The van der Waals surface area contributed by atoms with Gasteiger partial charge in [-0.05, 0) is 31.0 Å². The van der Waals surface area contributed by atoms with Gasteiger partial charge in [0.1, 0.15) is 12.4 Å². The Morgan fingerprint density at radius 3 is 2.33 bits per heavy atom. The number of carbonyl (C=O) groups is 2. The van der Waals surface area contributed by atoms with Gasteiger partial charge in [-0.1, -0.05) is 69.3 Å². The van der Waals surface area contributed by atoms with E-state index in [1.165, 1.54) is 4.90 Å². The molecule has 0 aliphatic heterocycles. The minimum atomic E-state index is -0.278. The quantitative estimate of drug-likeness (QED) is 0.553. The molecule has 7 nitrogen and oxygen atoms in total. The molecule has 0 radical (unpaired) electrons. The largest absolute Gasteiger partial charge is 0.334 e. The lowest BCUT2D eigenvalue weighted by Crippen LogP contribution is -2.43. The van der Waals surface area contributed by atoms with Crippen molar-refractivity contribution in [3.63, 3.8) is 0 Å². The number of rotatable bonds is 7. The number of hydrogen-bond acceptors (Lipinski definition) is 3. The molecule has 7 heteroatoms. The molecule has 0 aliphatic carbocycles. The summed E-state index contributed by atoms with van der Waals surface area (Å²) < 4.78 is 1.76. The van der Waals surface area contributed by atoms with Crippen molar-refractivity contribution in [2.24, 2.45) is 0 Å². The number of carbonyl (C=O) groups excluding carboxylic acids is 2. The van der Waals surface area contributed by atoms with Crippen LogP contribution in [0.25, 0.3) is 5.69 Å². The third-order valence-electron chi connectivity index (χ3n) is 5.38. The summed E-state index contributed by atoms with van der Waals surface area (Å²) in [5.74, 6) is 0.307. The Morgan fingerprint density at radius 1 is 1.03 bits per heavy atom. The average Bonchev–Trinajstić information content (AvgIpc) is 3.20. The van der Waals surface area contributed by atoms with E-state index in [0.717, 1.165) is 22.5 Å². The number of aryl methyl sites for hydroxylation is 1. The fourth-order valence-electron chi connectivity index (χ4n) is 3.39. The number of para-hydroxylation sites is 1. The van der Waals surface area contributed by atoms with Crippen LogP contribution < -0.4 is 10.6 Å². The van der Waals surface area contributed by atoms with E-state index in [-0.39, 0.29) is 23.9 Å². The summed E-state index contributed by atoms with van der Waals surface area (Å²) in [5.41, 5.74) is 3.64. The van der Waals surface area contributed by atoms with Crippen LogP contribution in [0.2, 0.25) is 0 Å². The minimum absolute atomic E-state index is 0.0546. The molecule has 0 bridgehead atoms. The summed E-state index contributed by atoms with van der Waals surface area (Å²) in [5, 5.41) is 10.6. The summed E-state index contributed by atoms with van der Waals surface area (Å²) in [6.45, 7) is 10.9. The van der Waals surface area contributed by atoms with Crippen LogP contribution in [0.5, 0.6) is 0 Å². The first kappa shape index (κ1) is 24.0. The average molecular weight is 448 g/mol. The summed E-state index contributed by atoms with van der Waals surface area (Å²) in [6, 6.07) is 19.2. The molecule has 0 saturated heterocycles. The number of benzene rings is 2. The molecular formula is C26H33N5O2. The van der Waals surface area contributed by atoms with Crippen LogP contribution in [0.4, 0.5) is 10.6 Å². The monoisotopic (exact) mass is 447 g/mol. The van der Waals surface area contributed by atoms with Crippen molar-refractivity contribution >= 4 is 17.8 Å². The summed E-state index contributed by atoms with van der Waals surface area (Å²) in [7, 11) is 0. The molecule has 0 fully saturated rings. The van der Waals surface area contributed by atoms with Crippen LogP contribution in [-0.4, -0.2) is 39.7 Å². The van der Waals surface area contributed by atoms with Crippen LogP contribution in [-0.2, 0) is 16.8 Å². The van der Waals surface area contributed by atoms with E-state index in [4.69, 9.17) is 5.10 Å². The first-order chi connectivity index (χ1) is 15.7. The van der Waals surface area contributed by atoms with Crippen molar-refractivity contribution < 1.29 is 9.59 Å². The zero-order valence-corrected chi connectivity index (χ0v) is 20.1. The molecule has 0 spiro atoms. The Bertz CT molecular complexity index is 1100. The molecule has 2 N–H and O–H groups in total. The van der Waals surface area contributed by atoms with Crippen LogP contribution in [0, 0.1) is 6.92 Å². The van der Waals surface area contributed by atoms with Gasteiger partial charge in [0, 0.05) is 24.6 Å². The van der Waals surface area contributed by atoms with Crippen LogP contribution in [0.15, 0.2) is 60.7 Å². The number of nitrogens with zero attached hydrogens (tertiary/aromatic N) is 3. The van der Waals surface area contributed by atoms with Crippen molar-refractivity contribution in [3.05, 3.63) is 77.5 Å². The molecule has 0 atom stereocenters. The first-order valence-corrected chi connectivity index (χ1v) is 11.2. The lowest BCUT2D eigenvalue weighted by Gasteiger charge is -2.21. The maximum atomic E-state index is 12.9. The van der Waals surface area contributed by atoms with Crippen LogP contribution in [0.1, 0.15) is 44.5 Å². The molecule has 1 aromatic heterocycles. The second-order valence-corrected chi connectivity index (χ2v) is 9.07. The van der Waals surface area contributed by atoms with E-state index in [0.29, 0.717) is 18.9 Å². The number of likely N-dealkylation sites (N-methyl/N-ethyl adjacent to an activating group) is 1. The van der Waals surface area contributed by atoms with Crippen LogP contribution in [0.3, 0.4) is 0 Å². The highest BCUT2D eigenvalue weighted by atomic mass is 16.2. The fourth-order valence-corrected chi connectivity index (χ4v) is 3.39. The topological polar surface area (TPSA) is 79.3 Å². The molecule has 3 rings (SSSR count). The standard InChI is InChI=1S/C26H33N5O2/c1-6-30(25(33)27-17-20-13-8-7-9-14-20)18-24(32)28-23-16-22(26(3,4)5)29-31(23)21-15-11-10-12-19(21)2/h7-16H,6,17-18H2,1-5H3,(H,27,33)(H,28,32). The van der Waals surface area contributed by atoms with Gasteiger partial charge in [-0.3, -0.25) is 4.79 Å². The molecule has 3 amide bonds. The Hall–Kier alpha value is -3.61. The number of anilines is 1. The fraction of sp³-hybridized carbons (Fsp3) is 0.346. The molecule has 0 saturated carbocycles. The van der Waals surface area contributed by atoms with Gasteiger partial charge in [0.25, 0.3) is 0 Å². The smallest absolute Gasteiger partial charge is 0.318 e. The second-order valence-electron chi connectivity index (χ2n) is 9.07. The van der Waals surface area contributed by atoms with E-state index in [9.17, 15) is 9.59 Å². The maximum absolute atomic E-state index is 12.9. The maximum Gasteiger partial charge on any atom is 0.318 e. The number of hydrogen-bond donors (Lipinski definition) is 2. The van der Waals surface area contributed by atoms with E-state index in [2.05, 4.69) is 31.4 Å². The van der Waals surface area contributed by atoms with E-state index >= 15 is 0 Å². The molecule has 0 unspecified atom stereocenters. The zero-order chi connectivity index (χ0) is 24.0. The van der Waals surface area contributed by atoms with Gasteiger partial charge in [0.15, 0.2) is 0 Å². The number of nitrogens with one attached hydrogen (secondary N) is 2. The van der Waals surface area contributed by atoms with Gasteiger partial charge < -0.3 is 15.5 Å². The van der Waals surface area contributed by atoms with Crippen molar-refractivity contribution in [2.45, 2.75) is 46.6 Å². The molecule has 2 aromatic carbocycles. The Labute approximate surface area is 195 Å². The predicted octanol–water partition coefficient (Wildman–Crippen LogP) is 4.65. The van der Waals surface area contributed by atoms with E-state index < -0.39 is 0 Å². The minimum Gasteiger partial charge on any atom is -0.334 e. The SMILES string of the molecule is CCN(CC(=O)Nc1cc(C(C)(C)C)nn1-c1ccccc1C)C(=O)NCc1ccccc1. The van der Waals surface area contributed by atoms with Gasteiger partial charge in [0.2, 0.25) is 5.91 Å². The van der Waals surface area contributed by atoms with E-state index in [1.807, 2.05) is 74.5 Å². The first-order valence-electron chi connectivity index (χ1n) is 11.2. The lowest BCUT2D eigenvalue weighted by molar-refractivity contribution is -0.116. The Morgan fingerprint density at radius 2 is 1.70 bits per heavy atom. The molecule has 0 aliphatic rings. The second kappa shape index (κ2) is 10.3. The Balaban J connectivity index is 1.73. The third-order valence-corrected chi connectivity index (χ3v) is 5.38. The van der Waals surface area contributed by atoms with Crippen molar-refractivity contribution in [1.82, 2.24) is 20.0 Å². The van der Waals surface area contributed by atoms with E-state index in [1.54, 1.807) is 4.68 Å². The Kier molecular flexibility index (Phi) is 7.53. The summed E-state index contributed by atoms with van der Waals surface area (Å²) in [4.78, 5) is 27.0. The van der Waals surface area contributed by atoms with Gasteiger partial charge in [-0.15, -0.1) is 0 Å². The number of amides is 3. The highest BCUT2D eigenvalue weighted by Gasteiger charge is 2.23. The molecular weight excluding hydrogens is 414 g/mol. The predicted molar refractivity (Wildman–Crippen MR) is 132 cm³/mol. The van der Waals surface area contributed by atoms with Crippen LogP contribution >= 0.6 is 0 Å². The number of urea groups is 1. The van der Waals surface area contributed by atoms with Gasteiger partial charge in [0.05, 0.1) is 11.4 Å². The molecule has 3 aromatic rings. The summed E-state index contributed by atoms with van der Waals surface area (Å²) >= 11 is 0. The third kappa shape index (κ3) is 6.22. The lowest BCUT2D eigenvalue weighted by atomic mass is 9.92.